The molecule has 0 saturated heterocycles. The predicted molar refractivity (Wildman–Crippen MR) is 71.0 cm³/mol. The summed E-state index contributed by atoms with van der Waals surface area (Å²) >= 11 is 0. The summed E-state index contributed by atoms with van der Waals surface area (Å²) in [6, 6.07) is 4.40. The van der Waals surface area contributed by atoms with Crippen LogP contribution in [0.3, 0.4) is 0 Å². The summed E-state index contributed by atoms with van der Waals surface area (Å²) in [6.07, 6.45) is 2.59. The number of aliphatic hydroxyl groups is 1. The maximum absolute atomic E-state index is 8.90. The third kappa shape index (κ3) is 3.98. The lowest BCUT2D eigenvalue weighted by atomic mass is 10.1. The van der Waals surface area contributed by atoms with E-state index >= 15 is 0 Å². The lowest BCUT2D eigenvalue weighted by molar-refractivity contribution is 0.288. The molecule has 0 aliphatic rings. The zero-order valence-corrected chi connectivity index (χ0v) is 10.9. The molecule has 0 spiro atoms. The van der Waals surface area contributed by atoms with Gasteiger partial charge in [0.1, 0.15) is 5.82 Å². The van der Waals surface area contributed by atoms with Gasteiger partial charge in [0.2, 0.25) is 0 Å². The fourth-order valence-corrected chi connectivity index (χ4v) is 1.72. The fourth-order valence-electron chi connectivity index (χ4n) is 1.72. The molecule has 0 unspecified atom stereocenters. The Labute approximate surface area is 103 Å². The van der Waals surface area contributed by atoms with Crippen molar-refractivity contribution in [3.8, 4) is 0 Å². The highest BCUT2D eigenvalue weighted by atomic mass is 16.3. The zero-order chi connectivity index (χ0) is 12.8. The van der Waals surface area contributed by atoms with Gasteiger partial charge in [-0.1, -0.05) is 6.07 Å². The van der Waals surface area contributed by atoms with Crippen molar-refractivity contribution in [1.82, 2.24) is 4.98 Å². The summed E-state index contributed by atoms with van der Waals surface area (Å²) in [5.74, 6) is 0.942. The van der Waals surface area contributed by atoms with E-state index in [0.717, 1.165) is 24.3 Å². The van der Waals surface area contributed by atoms with E-state index in [1.807, 2.05) is 25.3 Å². The van der Waals surface area contributed by atoms with Crippen molar-refractivity contribution in [1.29, 1.82) is 0 Å². The Morgan fingerprint density at radius 2 is 2.06 bits per heavy atom. The Hall–Kier alpha value is -1.13. The second-order valence-corrected chi connectivity index (χ2v) is 4.60. The van der Waals surface area contributed by atoms with Gasteiger partial charge in [-0.25, -0.2) is 4.98 Å². The van der Waals surface area contributed by atoms with Gasteiger partial charge in [-0.3, -0.25) is 0 Å². The van der Waals surface area contributed by atoms with Crippen LogP contribution < -0.4 is 10.6 Å². The van der Waals surface area contributed by atoms with Crippen LogP contribution in [-0.2, 0) is 0 Å². The smallest absolute Gasteiger partial charge is 0.128 e. The molecule has 0 radical (unpaired) electrons. The van der Waals surface area contributed by atoms with Crippen molar-refractivity contribution in [3.63, 3.8) is 0 Å². The first-order chi connectivity index (χ1) is 8.06. The number of hydrogen-bond donors (Lipinski definition) is 2. The SMILES string of the molecule is CC(C)N(CCCO)c1ccc([C@H](C)N)cn1. The Balaban J connectivity index is 2.80. The highest BCUT2D eigenvalue weighted by molar-refractivity contribution is 5.40. The summed E-state index contributed by atoms with van der Waals surface area (Å²) in [7, 11) is 0. The molecular weight excluding hydrogens is 214 g/mol. The minimum absolute atomic E-state index is 0.0153. The highest BCUT2D eigenvalue weighted by Crippen LogP contribution is 2.17. The van der Waals surface area contributed by atoms with Gasteiger partial charge >= 0.3 is 0 Å². The summed E-state index contributed by atoms with van der Waals surface area (Å²) in [6.45, 7) is 7.22. The molecule has 1 aromatic rings. The third-order valence-electron chi connectivity index (χ3n) is 2.77. The van der Waals surface area contributed by atoms with E-state index in [9.17, 15) is 0 Å². The van der Waals surface area contributed by atoms with E-state index < -0.39 is 0 Å². The van der Waals surface area contributed by atoms with E-state index in [2.05, 4.69) is 23.7 Å². The van der Waals surface area contributed by atoms with E-state index in [0.29, 0.717) is 6.04 Å². The number of anilines is 1. The van der Waals surface area contributed by atoms with Crippen LogP contribution in [0, 0.1) is 0 Å². The Morgan fingerprint density at radius 1 is 1.35 bits per heavy atom. The average molecular weight is 237 g/mol. The molecule has 4 heteroatoms. The molecule has 0 saturated carbocycles. The average Bonchev–Trinajstić information content (AvgIpc) is 2.29. The normalized spacial score (nSPS) is 12.8. The largest absolute Gasteiger partial charge is 0.396 e. The minimum Gasteiger partial charge on any atom is -0.396 e. The first kappa shape index (κ1) is 13.9. The van der Waals surface area contributed by atoms with Crippen molar-refractivity contribution < 1.29 is 5.11 Å². The Bertz CT molecular complexity index is 322. The Kier molecular flexibility index (Phi) is 5.38. The van der Waals surface area contributed by atoms with Crippen LogP contribution in [0.2, 0.25) is 0 Å². The standard InChI is InChI=1S/C13H23N3O/c1-10(2)16(7-4-8-17)13-6-5-12(9-15-13)11(3)14/h5-6,9-11,17H,4,7-8,14H2,1-3H3/t11-/m0/s1. The van der Waals surface area contributed by atoms with Crippen LogP contribution in [0.25, 0.3) is 0 Å². The van der Waals surface area contributed by atoms with Crippen molar-refractivity contribution in [2.75, 3.05) is 18.1 Å². The van der Waals surface area contributed by atoms with Gasteiger partial charge in [0, 0.05) is 31.4 Å². The molecule has 4 nitrogen and oxygen atoms in total. The number of nitrogens with two attached hydrogens (primary N) is 1. The number of rotatable bonds is 6. The first-order valence-electron chi connectivity index (χ1n) is 6.15. The van der Waals surface area contributed by atoms with Crippen LogP contribution in [-0.4, -0.2) is 29.3 Å². The number of aliphatic hydroxyl groups excluding tert-OH is 1. The number of hydrogen-bond acceptors (Lipinski definition) is 4. The second-order valence-electron chi connectivity index (χ2n) is 4.60. The fraction of sp³-hybridized carbons (Fsp3) is 0.615. The van der Waals surface area contributed by atoms with Crippen molar-refractivity contribution in [3.05, 3.63) is 23.9 Å². The molecule has 96 valence electrons. The molecule has 0 aliphatic carbocycles. The lowest BCUT2D eigenvalue weighted by Crippen LogP contribution is -2.32. The van der Waals surface area contributed by atoms with Crippen LogP contribution in [0.5, 0.6) is 0 Å². The Morgan fingerprint density at radius 3 is 2.47 bits per heavy atom. The molecular formula is C13H23N3O. The lowest BCUT2D eigenvalue weighted by Gasteiger charge is -2.27. The van der Waals surface area contributed by atoms with Gasteiger partial charge in [0.25, 0.3) is 0 Å². The van der Waals surface area contributed by atoms with Gasteiger partial charge in [-0.2, -0.15) is 0 Å². The summed E-state index contributed by atoms with van der Waals surface area (Å²) in [5.41, 5.74) is 6.83. The van der Waals surface area contributed by atoms with E-state index in [1.165, 1.54) is 0 Å². The number of aromatic nitrogens is 1. The molecule has 1 atom stereocenters. The monoisotopic (exact) mass is 237 g/mol. The minimum atomic E-state index is 0.0153. The van der Waals surface area contributed by atoms with Crippen molar-refractivity contribution >= 4 is 5.82 Å². The molecule has 1 heterocycles. The molecule has 0 amide bonds. The topological polar surface area (TPSA) is 62.4 Å². The van der Waals surface area contributed by atoms with Crippen LogP contribution in [0.15, 0.2) is 18.3 Å². The second kappa shape index (κ2) is 6.57. The van der Waals surface area contributed by atoms with Crippen molar-refractivity contribution in [2.24, 2.45) is 5.73 Å². The van der Waals surface area contributed by atoms with Crippen LogP contribution in [0.4, 0.5) is 5.82 Å². The molecule has 1 rings (SSSR count). The molecule has 0 fully saturated rings. The number of pyridine rings is 1. The van der Waals surface area contributed by atoms with Gasteiger partial charge < -0.3 is 15.7 Å². The van der Waals surface area contributed by atoms with E-state index in [4.69, 9.17) is 10.8 Å². The summed E-state index contributed by atoms with van der Waals surface area (Å²) < 4.78 is 0. The molecule has 17 heavy (non-hydrogen) atoms. The molecule has 0 aliphatic heterocycles. The maximum atomic E-state index is 8.90. The maximum Gasteiger partial charge on any atom is 0.128 e. The first-order valence-corrected chi connectivity index (χ1v) is 6.15. The van der Waals surface area contributed by atoms with Gasteiger partial charge in [-0.05, 0) is 38.8 Å². The van der Waals surface area contributed by atoms with Gasteiger partial charge in [0.15, 0.2) is 0 Å². The highest BCUT2D eigenvalue weighted by Gasteiger charge is 2.11. The zero-order valence-electron chi connectivity index (χ0n) is 10.9. The summed E-state index contributed by atoms with van der Waals surface area (Å²) in [4.78, 5) is 6.62. The van der Waals surface area contributed by atoms with Crippen molar-refractivity contribution in [2.45, 2.75) is 39.3 Å². The molecule has 1 aromatic heterocycles. The van der Waals surface area contributed by atoms with E-state index in [-0.39, 0.29) is 12.6 Å². The van der Waals surface area contributed by atoms with Gasteiger partial charge in [0.05, 0.1) is 0 Å². The van der Waals surface area contributed by atoms with E-state index in [1.54, 1.807) is 0 Å². The van der Waals surface area contributed by atoms with Crippen LogP contribution >= 0.6 is 0 Å². The van der Waals surface area contributed by atoms with Crippen LogP contribution in [0.1, 0.15) is 38.8 Å². The summed E-state index contributed by atoms with van der Waals surface area (Å²) in [5, 5.41) is 8.90. The number of nitrogens with zero attached hydrogens (tertiary/aromatic N) is 2. The quantitative estimate of drug-likeness (QED) is 0.790. The van der Waals surface area contributed by atoms with Gasteiger partial charge in [-0.15, -0.1) is 0 Å². The molecule has 0 bridgehead atoms. The third-order valence-corrected chi connectivity index (χ3v) is 2.77. The molecule has 3 N–H and O–H groups in total. The molecule has 0 aromatic carbocycles. The predicted octanol–water partition coefficient (Wildman–Crippen LogP) is 1.70.